The molecule has 0 saturated carbocycles. The van der Waals surface area contributed by atoms with Crippen molar-refractivity contribution in [2.45, 2.75) is 95.9 Å². The third kappa shape index (κ3) is 9.27. The van der Waals surface area contributed by atoms with Crippen LogP contribution < -0.4 is 15.0 Å². The van der Waals surface area contributed by atoms with Crippen LogP contribution in [0.3, 0.4) is 0 Å². The Morgan fingerprint density at radius 2 is 1.66 bits per heavy atom. The first-order chi connectivity index (χ1) is 30.0. The number of aliphatic hydroxyl groups excluding tert-OH is 1. The Balaban J connectivity index is 0.780. The number of rotatable bonds is 14. The van der Waals surface area contributed by atoms with Crippen LogP contribution in [-0.2, 0) is 20.9 Å². The number of likely N-dealkylation sites (tertiary alicyclic amines) is 1. The van der Waals surface area contributed by atoms with Gasteiger partial charge in [-0.3, -0.25) is 24.6 Å². The fraction of sp³-hybridized carbons (Fsp3) is 0.500. The first-order valence-corrected chi connectivity index (χ1v) is 22.3. The van der Waals surface area contributed by atoms with Gasteiger partial charge in [-0.2, -0.15) is 0 Å². The lowest BCUT2D eigenvalue weighted by atomic mass is 9.85. The number of aliphatic hydroxyl groups is 1. The predicted molar refractivity (Wildman–Crippen MR) is 229 cm³/mol. The number of carbonyl (C=O) groups is 3. The molecule has 3 fully saturated rings. The van der Waals surface area contributed by atoms with E-state index in [0.717, 1.165) is 75.7 Å². The molecule has 3 saturated heterocycles. The molecule has 16 heteroatoms. The number of imide groups is 1. The summed E-state index contributed by atoms with van der Waals surface area (Å²) in [5, 5.41) is 13.9. The van der Waals surface area contributed by atoms with E-state index >= 15 is 8.78 Å². The van der Waals surface area contributed by atoms with E-state index in [2.05, 4.69) is 20.2 Å². The van der Waals surface area contributed by atoms with Crippen LogP contribution in [0.15, 0.2) is 42.7 Å². The van der Waals surface area contributed by atoms with Gasteiger partial charge in [-0.05, 0) is 105 Å². The van der Waals surface area contributed by atoms with Crippen LogP contribution in [0.4, 0.5) is 19.0 Å². The number of halogens is 4. The summed E-state index contributed by atoms with van der Waals surface area (Å²) in [6, 6.07) is 8.16. The molecule has 1 aromatic heterocycles. The monoisotopic (exact) mass is 875 g/mol. The number of hydrogen-bond acceptors (Lipinski definition) is 10. The Labute approximate surface area is 364 Å². The molecule has 12 nitrogen and oxygen atoms in total. The second-order valence-electron chi connectivity index (χ2n) is 16.8. The van der Waals surface area contributed by atoms with Crippen LogP contribution in [0.1, 0.15) is 100.0 Å². The molecule has 0 spiro atoms. The number of amides is 3. The average molecular weight is 876 g/mol. The first kappa shape index (κ1) is 43.8. The number of aromatic nitrogens is 2. The van der Waals surface area contributed by atoms with Gasteiger partial charge in [-0.25, -0.2) is 23.1 Å². The molecule has 4 aliphatic rings. The van der Waals surface area contributed by atoms with E-state index in [9.17, 15) is 23.9 Å². The molecule has 3 aromatic carbocycles. The molecular formula is C46H53ClF3N7O5. The lowest BCUT2D eigenvalue weighted by Gasteiger charge is -2.35. The first-order valence-electron chi connectivity index (χ1n) is 21.9. The lowest BCUT2D eigenvalue weighted by molar-refractivity contribution is -0.141. The van der Waals surface area contributed by atoms with Gasteiger partial charge in [-0.1, -0.05) is 37.8 Å². The maximum absolute atomic E-state index is 16.2. The average Bonchev–Trinajstić information content (AvgIpc) is 3.59. The SMILES string of the molecule is CCC(=O)N1CCN(c2ncnc3c(F)c(-c4cc(OCCCCCCCN5CCC(c6cc(F)cc7c6CN(C6CCC(=O)NC6=O)C7O)CC5)ccc4F)c(Cl)cc23)CC1. The van der Waals surface area contributed by atoms with E-state index in [1.807, 2.05) is 11.8 Å². The van der Waals surface area contributed by atoms with Crippen LogP contribution in [0, 0.1) is 17.5 Å². The number of ether oxygens (including phenoxy) is 1. The fourth-order valence-electron chi connectivity index (χ4n) is 9.60. The summed E-state index contributed by atoms with van der Waals surface area (Å²) in [5.74, 6) is -1.33. The van der Waals surface area contributed by atoms with Gasteiger partial charge >= 0.3 is 0 Å². The Kier molecular flexibility index (Phi) is 13.6. The van der Waals surface area contributed by atoms with Crippen molar-refractivity contribution in [1.82, 2.24) is 30.0 Å². The zero-order chi connectivity index (χ0) is 43.5. The number of nitrogens with one attached hydrogen (secondary N) is 1. The van der Waals surface area contributed by atoms with Crippen molar-refractivity contribution in [2.24, 2.45) is 0 Å². The highest BCUT2D eigenvalue weighted by molar-refractivity contribution is 6.34. The number of benzene rings is 3. The van der Waals surface area contributed by atoms with Crippen molar-refractivity contribution < 1.29 is 37.4 Å². The normalized spacial score (nSPS) is 20.2. The molecule has 0 bridgehead atoms. The van der Waals surface area contributed by atoms with Gasteiger partial charge in [0.1, 0.15) is 41.3 Å². The molecule has 62 heavy (non-hydrogen) atoms. The number of piperazine rings is 1. The van der Waals surface area contributed by atoms with Crippen LogP contribution in [0.25, 0.3) is 22.0 Å². The van der Waals surface area contributed by atoms with E-state index in [-0.39, 0.29) is 51.6 Å². The molecule has 4 aliphatic heterocycles. The van der Waals surface area contributed by atoms with Crippen LogP contribution >= 0.6 is 11.6 Å². The van der Waals surface area contributed by atoms with Crippen LogP contribution in [0.5, 0.6) is 5.75 Å². The molecule has 2 unspecified atom stereocenters. The molecule has 0 aliphatic carbocycles. The third-order valence-corrected chi connectivity index (χ3v) is 13.3. The summed E-state index contributed by atoms with van der Waals surface area (Å²) >= 11 is 6.68. The summed E-state index contributed by atoms with van der Waals surface area (Å²) in [6.45, 7) is 7.48. The summed E-state index contributed by atoms with van der Waals surface area (Å²) in [7, 11) is 0. The number of hydrogen-bond donors (Lipinski definition) is 2. The van der Waals surface area contributed by atoms with Crippen molar-refractivity contribution >= 4 is 46.0 Å². The summed E-state index contributed by atoms with van der Waals surface area (Å²) < 4.78 is 52.3. The predicted octanol–water partition coefficient (Wildman–Crippen LogP) is 7.25. The maximum Gasteiger partial charge on any atom is 0.244 e. The van der Waals surface area contributed by atoms with Crippen molar-refractivity contribution in [3.05, 3.63) is 81.9 Å². The Morgan fingerprint density at radius 1 is 0.919 bits per heavy atom. The summed E-state index contributed by atoms with van der Waals surface area (Å²) in [4.78, 5) is 53.0. The highest BCUT2D eigenvalue weighted by Gasteiger charge is 2.41. The lowest BCUT2D eigenvalue weighted by Crippen LogP contribution is -2.51. The molecule has 2 atom stereocenters. The van der Waals surface area contributed by atoms with E-state index in [1.54, 1.807) is 21.9 Å². The Hall–Kier alpha value is -4.83. The number of fused-ring (bicyclic) bond motifs is 2. The van der Waals surface area contributed by atoms with Crippen LogP contribution in [0.2, 0.25) is 5.02 Å². The highest BCUT2D eigenvalue weighted by atomic mass is 35.5. The van der Waals surface area contributed by atoms with Gasteiger partial charge in [0.05, 0.1) is 17.7 Å². The van der Waals surface area contributed by atoms with Gasteiger partial charge in [-0.15, -0.1) is 0 Å². The van der Waals surface area contributed by atoms with E-state index in [1.165, 1.54) is 30.6 Å². The Morgan fingerprint density at radius 3 is 2.42 bits per heavy atom. The molecule has 4 aromatic rings. The topological polar surface area (TPSA) is 131 Å². The molecule has 0 radical (unpaired) electrons. The number of nitrogens with zero attached hydrogens (tertiary/aromatic N) is 6. The van der Waals surface area contributed by atoms with Crippen molar-refractivity contribution in [3.63, 3.8) is 0 Å². The summed E-state index contributed by atoms with van der Waals surface area (Å²) in [5.41, 5.74) is 2.25. The van der Waals surface area contributed by atoms with E-state index in [4.69, 9.17) is 16.3 Å². The highest BCUT2D eigenvalue weighted by Crippen LogP contribution is 2.43. The van der Waals surface area contributed by atoms with E-state index in [0.29, 0.717) is 74.7 Å². The van der Waals surface area contributed by atoms with Crippen LogP contribution in [-0.4, -0.2) is 106 Å². The zero-order valence-electron chi connectivity index (χ0n) is 35.0. The van der Waals surface area contributed by atoms with Gasteiger partial charge in [0, 0.05) is 67.6 Å². The molecule has 8 rings (SSSR count). The summed E-state index contributed by atoms with van der Waals surface area (Å²) in [6.07, 6.45) is 7.83. The van der Waals surface area contributed by atoms with Gasteiger partial charge in [0.15, 0.2) is 5.82 Å². The minimum absolute atomic E-state index is 0.0159. The maximum atomic E-state index is 16.2. The second-order valence-corrected chi connectivity index (χ2v) is 17.2. The molecule has 2 N–H and O–H groups in total. The van der Waals surface area contributed by atoms with Crippen molar-refractivity contribution in [2.75, 3.05) is 57.3 Å². The van der Waals surface area contributed by atoms with Gasteiger partial charge in [0.25, 0.3) is 0 Å². The second kappa shape index (κ2) is 19.3. The van der Waals surface area contributed by atoms with E-state index < -0.39 is 29.8 Å². The fourth-order valence-corrected chi connectivity index (χ4v) is 9.90. The number of carbonyl (C=O) groups excluding carboxylic acids is 3. The van der Waals surface area contributed by atoms with Gasteiger partial charge < -0.3 is 24.5 Å². The third-order valence-electron chi connectivity index (χ3n) is 13.0. The molecule has 5 heterocycles. The molecule has 330 valence electrons. The van der Waals surface area contributed by atoms with Crippen molar-refractivity contribution in [3.8, 4) is 16.9 Å². The minimum Gasteiger partial charge on any atom is -0.494 e. The standard InChI is InChI=1S/C46H53ClF3N7O5/c1-2-40(59)55-17-19-56(20-18-55)44-34-25-36(47)41(42(50)43(34)51-27-52-44)33-24-30(8-9-37(33)49)62-21-7-5-3-4-6-14-54-15-12-28(13-16-54)31-22-29(48)23-32-35(31)26-57(46(32)61)38-10-11-39(58)53-45(38)60/h8-9,22-25,27-28,38,46,61H,2-7,10-21,26H2,1H3,(H,53,58,60). The smallest absolute Gasteiger partial charge is 0.244 e. The van der Waals surface area contributed by atoms with Crippen molar-refractivity contribution in [1.29, 1.82) is 0 Å². The number of unbranched alkanes of at least 4 members (excludes halogenated alkanes) is 4. The number of anilines is 1. The number of piperidine rings is 2. The quantitative estimate of drug-likeness (QED) is 0.0988. The zero-order valence-corrected chi connectivity index (χ0v) is 35.7. The largest absolute Gasteiger partial charge is 0.494 e. The molecule has 3 amide bonds. The van der Waals surface area contributed by atoms with Gasteiger partial charge in [0.2, 0.25) is 17.7 Å². The minimum atomic E-state index is -1.09. The molecular weight excluding hydrogens is 823 g/mol. The Bertz CT molecular complexity index is 2320.